The maximum atomic E-state index is 12.5. The van der Waals surface area contributed by atoms with Crippen LogP contribution in [0.15, 0.2) is 54.1 Å². The van der Waals surface area contributed by atoms with Gasteiger partial charge in [0.15, 0.2) is 5.13 Å². The van der Waals surface area contributed by atoms with Crippen LogP contribution in [0.25, 0.3) is 16.3 Å². The minimum absolute atomic E-state index is 0.0139. The summed E-state index contributed by atoms with van der Waals surface area (Å²) in [5, 5.41) is 6.33. The molecule has 2 N–H and O–H groups in total. The Kier molecular flexibility index (Phi) is 6.09. The van der Waals surface area contributed by atoms with E-state index in [0.29, 0.717) is 17.2 Å². The van der Waals surface area contributed by atoms with Gasteiger partial charge in [-0.2, -0.15) is 0 Å². The molecule has 1 aliphatic rings. The van der Waals surface area contributed by atoms with Crippen LogP contribution < -0.4 is 10.6 Å². The Hall–Kier alpha value is -3.19. The number of benzene rings is 2. The lowest BCUT2D eigenvalue weighted by atomic mass is 10.0. The van der Waals surface area contributed by atoms with Crippen molar-refractivity contribution in [3.63, 3.8) is 0 Å². The zero-order valence-corrected chi connectivity index (χ0v) is 17.7. The van der Waals surface area contributed by atoms with Gasteiger partial charge < -0.3 is 10.2 Å². The van der Waals surface area contributed by atoms with E-state index >= 15 is 0 Å². The van der Waals surface area contributed by atoms with Crippen LogP contribution in [0.4, 0.5) is 9.93 Å². The molecule has 6 nitrogen and oxygen atoms in total. The van der Waals surface area contributed by atoms with E-state index in [1.807, 2.05) is 60.4 Å². The number of rotatable bonds is 4. The molecule has 2 aromatic carbocycles. The number of nitrogens with one attached hydrogen (secondary N) is 2. The van der Waals surface area contributed by atoms with Crippen LogP contribution in [0.2, 0.25) is 0 Å². The molecule has 30 heavy (non-hydrogen) atoms. The molecule has 1 aliphatic heterocycles. The quantitative estimate of drug-likeness (QED) is 0.639. The molecule has 0 unspecified atom stereocenters. The maximum Gasteiger partial charge on any atom is 0.317 e. The number of hydrogen-bond donors (Lipinski definition) is 2. The number of aromatic nitrogens is 1. The lowest BCUT2D eigenvalue weighted by molar-refractivity contribution is 0.102. The van der Waals surface area contributed by atoms with Gasteiger partial charge in [0.1, 0.15) is 0 Å². The molecule has 3 aromatic rings. The Morgan fingerprint density at radius 3 is 2.53 bits per heavy atom. The Labute approximate surface area is 179 Å². The standard InChI is InChI=1S/C23H24N4O2S/c1-2-24-23(29)27-13-11-17(12-14-27)15-16-7-9-18(10-8-16)21(28)26-22-25-19-5-3-4-6-20(19)30-22/h3-10,15H,2,11-14H2,1H3,(H,24,29)(H,25,26,28). The van der Waals surface area contributed by atoms with E-state index in [2.05, 4.69) is 21.7 Å². The van der Waals surface area contributed by atoms with Crippen LogP contribution >= 0.6 is 11.3 Å². The fourth-order valence-corrected chi connectivity index (χ4v) is 4.33. The molecule has 2 heterocycles. The molecule has 154 valence electrons. The molecule has 0 spiro atoms. The number of piperidine rings is 1. The average molecular weight is 421 g/mol. The Balaban J connectivity index is 1.36. The molecule has 3 amide bonds. The van der Waals surface area contributed by atoms with Crippen LogP contribution in [-0.2, 0) is 0 Å². The minimum atomic E-state index is -0.163. The monoisotopic (exact) mass is 420 g/mol. The molecule has 0 radical (unpaired) electrons. The second-order valence-corrected chi connectivity index (χ2v) is 8.22. The number of para-hydroxylation sites is 1. The van der Waals surface area contributed by atoms with Gasteiger partial charge in [-0.3, -0.25) is 10.1 Å². The molecular weight excluding hydrogens is 396 g/mol. The minimum Gasteiger partial charge on any atom is -0.338 e. The third-order valence-electron chi connectivity index (χ3n) is 5.08. The first-order chi connectivity index (χ1) is 14.6. The number of anilines is 1. The van der Waals surface area contributed by atoms with Crippen molar-refractivity contribution >= 4 is 44.7 Å². The molecule has 0 bridgehead atoms. The molecule has 0 aliphatic carbocycles. The van der Waals surface area contributed by atoms with E-state index in [4.69, 9.17) is 0 Å². The van der Waals surface area contributed by atoms with E-state index in [1.165, 1.54) is 16.9 Å². The first-order valence-corrected chi connectivity index (χ1v) is 10.9. The van der Waals surface area contributed by atoms with Gasteiger partial charge in [0.2, 0.25) is 0 Å². The number of fused-ring (bicyclic) bond motifs is 1. The highest BCUT2D eigenvalue weighted by Crippen LogP contribution is 2.26. The predicted octanol–water partition coefficient (Wildman–Crippen LogP) is 4.76. The number of carbonyl (C=O) groups is 2. The highest BCUT2D eigenvalue weighted by molar-refractivity contribution is 7.22. The molecule has 0 atom stereocenters. The largest absolute Gasteiger partial charge is 0.338 e. The van der Waals surface area contributed by atoms with Crippen LogP contribution in [0.1, 0.15) is 35.7 Å². The molecule has 7 heteroatoms. The van der Waals surface area contributed by atoms with E-state index in [0.717, 1.165) is 41.7 Å². The third-order valence-corrected chi connectivity index (χ3v) is 6.03. The van der Waals surface area contributed by atoms with Crippen molar-refractivity contribution in [1.82, 2.24) is 15.2 Å². The van der Waals surface area contributed by atoms with E-state index in [9.17, 15) is 9.59 Å². The lowest BCUT2D eigenvalue weighted by Gasteiger charge is -2.28. The summed E-state index contributed by atoms with van der Waals surface area (Å²) in [6.45, 7) is 4.05. The summed E-state index contributed by atoms with van der Waals surface area (Å²) in [4.78, 5) is 30.7. The van der Waals surface area contributed by atoms with Crippen molar-refractivity contribution in [2.24, 2.45) is 0 Å². The van der Waals surface area contributed by atoms with Gasteiger partial charge in [0.05, 0.1) is 10.2 Å². The van der Waals surface area contributed by atoms with Gasteiger partial charge in [0.25, 0.3) is 5.91 Å². The molecular formula is C23H24N4O2S. The Bertz CT molecular complexity index is 1050. The maximum absolute atomic E-state index is 12.5. The highest BCUT2D eigenvalue weighted by Gasteiger charge is 2.18. The predicted molar refractivity (Wildman–Crippen MR) is 122 cm³/mol. The second-order valence-electron chi connectivity index (χ2n) is 7.19. The summed E-state index contributed by atoms with van der Waals surface area (Å²) in [7, 11) is 0. The number of urea groups is 1. The van der Waals surface area contributed by atoms with Crippen molar-refractivity contribution in [3.8, 4) is 0 Å². The molecule has 1 saturated heterocycles. The normalized spacial score (nSPS) is 13.9. The van der Waals surface area contributed by atoms with Crippen molar-refractivity contribution in [1.29, 1.82) is 0 Å². The molecule has 1 fully saturated rings. The molecule has 1 aromatic heterocycles. The fraction of sp³-hybridized carbons (Fsp3) is 0.261. The second kappa shape index (κ2) is 9.09. The van der Waals surface area contributed by atoms with Crippen LogP contribution in [0.5, 0.6) is 0 Å². The van der Waals surface area contributed by atoms with Crippen LogP contribution in [0.3, 0.4) is 0 Å². The summed E-state index contributed by atoms with van der Waals surface area (Å²) in [5.74, 6) is -0.163. The van der Waals surface area contributed by atoms with Crippen molar-refractivity contribution in [2.75, 3.05) is 25.0 Å². The number of hydrogen-bond acceptors (Lipinski definition) is 4. The van der Waals surface area contributed by atoms with Gasteiger partial charge in [-0.05, 0) is 49.6 Å². The Morgan fingerprint density at radius 1 is 1.10 bits per heavy atom. The number of nitrogens with zero attached hydrogens (tertiary/aromatic N) is 2. The SMILES string of the molecule is CCNC(=O)N1CCC(=Cc2ccc(C(=O)Nc3nc4ccccc4s3)cc2)CC1. The summed E-state index contributed by atoms with van der Waals surface area (Å²) < 4.78 is 1.05. The molecule has 4 rings (SSSR count). The van der Waals surface area contributed by atoms with Gasteiger partial charge >= 0.3 is 6.03 Å². The highest BCUT2D eigenvalue weighted by atomic mass is 32.1. The average Bonchev–Trinajstić information content (AvgIpc) is 3.17. The van der Waals surface area contributed by atoms with Crippen molar-refractivity contribution < 1.29 is 9.59 Å². The Morgan fingerprint density at radius 2 is 1.83 bits per heavy atom. The third kappa shape index (κ3) is 4.68. The van der Waals surface area contributed by atoms with E-state index < -0.39 is 0 Å². The summed E-state index contributed by atoms with van der Waals surface area (Å²) >= 11 is 1.47. The van der Waals surface area contributed by atoms with Crippen LogP contribution in [-0.4, -0.2) is 41.5 Å². The molecule has 0 saturated carbocycles. The number of amides is 3. The number of likely N-dealkylation sites (tertiary alicyclic amines) is 1. The smallest absolute Gasteiger partial charge is 0.317 e. The zero-order chi connectivity index (χ0) is 20.9. The number of carbonyl (C=O) groups excluding carboxylic acids is 2. The number of thiazole rings is 1. The van der Waals surface area contributed by atoms with E-state index in [1.54, 1.807) is 0 Å². The van der Waals surface area contributed by atoms with Gasteiger partial charge in [-0.25, -0.2) is 9.78 Å². The summed E-state index contributed by atoms with van der Waals surface area (Å²) in [6, 6.07) is 15.4. The van der Waals surface area contributed by atoms with Gasteiger partial charge in [-0.1, -0.05) is 47.3 Å². The van der Waals surface area contributed by atoms with E-state index in [-0.39, 0.29) is 11.9 Å². The van der Waals surface area contributed by atoms with Crippen molar-refractivity contribution in [3.05, 3.63) is 65.2 Å². The van der Waals surface area contributed by atoms with Crippen molar-refractivity contribution in [2.45, 2.75) is 19.8 Å². The van der Waals surface area contributed by atoms with Gasteiger partial charge in [0, 0.05) is 25.2 Å². The zero-order valence-electron chi connectivity index (χ0n) is 16.9. The fourth-order valence-electron chi connectivity index (χ4n) is 3.47. The summed E-state index contributed by atoms with van der Waals surface area (Å²) in [5.41, 5.74) is 3.87. The van der Waals surface area contributed by atoms with Crippen LogP contribution in [0, 0.1) is 0 Å². The first kappa shape index (κ1) is 20.1. The van der Waals surface area contributed by atoms with Gasteiger partial charge in [-0.15, -0.1) is 0 Å². The topological polar surface area (TPSA) is 74.3 Å². The first-order valence-electron chi connectivity index (χ1n) is 10.1. The summed E-state index contributed by atoms with van der Waals surface area (Å²) in [6.07, 6.45) is 3.90. The lowest BCUT2D eigenvalue weighted by Crippen LogP contribution is -2.43.